The fraction of sp³-hybridized carbons (Fsp3) is 0.643. The second kappa shape index (κ2) is 11.9. The van der Waals surface area contributed by atoms with E-state index in [0.29, 0.717) is 21.7 Å². The van der Waals surface area contributed by atoms with E-state index in [2.05, 4.69) is 29.0 Å². The van der Waals surface area contributed by atoms with Gasteiger partial charge in [-0.25, -0.2) is 4.79 Å². The molecule has 9 heteroatoms. The van der Waals surface area contributed by atoms with E-state index in [4.69, 9.17) is 0 Å². The SMILES string of the molecule is Cc1nnc(SC2CCC(N(C(=O)C3CCC(C)CC3)c3cc(C#CC(C)(C)C)sc3C(=O)O)CC2)s1. The van der Waals surface area contributed by atoms with Crippen molar-refractivity contribution < 1.29 is 14.7 Å². The number of amides is 1. The Kier molecular flexibility index (Phi) is 9.03. The van der Waals surface area contributed by atoms with Gasteiger partial charge in [0, 0.05) is 22.6 Å². The van der Waals surface area contributed by atoms with E-state index in [9.17, 15) is 14.7 Å². The van der Waals surface area contributed by atoms with Gasteiger partial charge in [-0.15, -0.1) is 21.5 Å². The summed E-state index contributed by atoms with van der Waals surface area (Å²) in [7, 11) is 0. The van der Waals surface area contributed by atoms with Gasteiger partial charge in [0.25, 0.3) is 0 Å². The minimum atomic E-state index is -0.991. The number of rotatable bonds is 6. The largest absolute Gasteiger partial charge is 0.477 e. The molecular formula is C28H37N3O3S3. The molecule has 0 saturated heterocycles. The fourth-order valence-corrected chi connectivity index (χ4v) is 8.21. The first kappa shape index (κ1) is 28.1. The first-order chi connectivity index (χ1) is 17.5. The third-order valence-corrected chi connectivity index (χ3v) is 10.4. The van der Waals surface area contributed by atoms with Crippen molar-refractivity contribution in [2.24, 2.45) is 17.3 Å². The van der Waals surface area contributed by atoms with Gasteiger partial charge in [0.15, 0.2) is 4.34 Å². The molecule has 2 fully saturated rings. The maximum absolute atomic E-state index is 14.1. The highest BCUT2D eigenvalue weighted by atomic mass is 32.2. The van der Waals surface area contributed by atoms with Gasteiger partial charge >= 0.3 is 5.97 Å². The zero-order valence-electron chi connectivity index (χ0n) is 22.4. The predicted octanol–water partition coefficient (Wildman–Crippen LogP) is 7.27. The Bertz CT molecular complexity index is 1170. The van der Waals surface area contributed by atoms with E-state index in [-0.39, 0.29) is 28.2 Å². The van der Waals surface area contributed by atoms with Crippen LogP contribution < -0.4 is 4.90 Å². The van der Waals surface area contributed by atoms with Gasteiger partial charge in [0.2, 0.25) is 5.91 Å². The number of carbonyl (C=O) groups excluding carboxylic acids is 1. The Labute approximate surface area is 232 Å². The molecule has 1 amide bonds. The van der Waals surface area contributed by atoms with Crippen molar-refractivity contribution in [3.63, 3.8) is 0 Å². The Morgan fingerprint density at radius 2 is 1.73 bits per heavy atom. The van der Waals surface area contributed by atoms with E-state index in [1.165, 1.54) is 11.3 Å². The fourth-order valence-electron chi connectivity index (χ4n) is 5.11. The molecule has 37 heavy (non-hydrogen) atoms. The molecule has 2 saturated carbocycles. The Hall–Kier alpha value is -1.89. The highest BCUT2D eigenvalue weighted by molar-refractivity contribution is 8.01. The lowest BCUT2D eigenvalue weighted by atomic mass is 9.81. The molecule has 2 heterocycles. The Morgan fingerprint density at radius 3 is 2.30 bits per heavy atom. The minimum absolute atomic E-state index is 0.00372. The zero-order chi connectivity index (χ0) is 26.7. The van der Waals surface area contributed by atoms with Gasteiger partial charge in [-0.3, -0.25) is 4.79 Å². The monoisotopic (exact) mass is 559 g/mol. The molecule has 200 valence electrons. The molecule has 2 aliphatic rings. The third-order valence-electron chi connectivity index (χ3n) is 7.11. The highest BCUT2D eigenvalue weighted by Crippen LogP contribution is 2.41. The number of hydrogen-bond acceptors (Lipinski definition) is 7. The molecule has 1 N–H and O–H groups in total. The maximum Gasteiger partial charge on any atom is 0.348 e. The number of thioether (sulfide) groups is 1. The minimum Gasteiger partial charge on any atom is -0.477 e. The number of aryl methyl sites for hydroxylation is 1. The molecule has 0 aromatic carbocycles. The molecule has 0 atom stereocenters. The van der Waals surface area contributed by atoms with Gasteiger partial charge in [-0.05, 0) is 91.0 Å². The smallest absolute Gasteiger partial charge is 0.348 e. The molecule has 2 aromatic rings. The summed E-state index contributed by atoms with van der Waals surface area (Å²) >= 11 is 4.59. The van der Waals surface area contributed by atoms with Crippen LogP contribution in [0.2, 0.25) is 0 Å². The van der Waals surface area contributed by atoms with E-state index in [1.54, 1.807) is 23.1 Å². The van der Waals surface area contributed by atoms with E-state index in [1.807, 2.05) is 38.7 Å². The van der Waals surface area contributed by atoms with Crippen molar-refractivity contribution in [3.05, 3.63) is 20.8 Å². The highest BCUT2D eigenvalue weighted by Gasteiger charge is 2.37. The maximum atomic E-state index is 14.1. The van der Waals surface area contributed by atoms with Crippen molar-refractivity contribution >= 4 is 52.0 Å². The standard InChI is InChI=1S/C28H37N3O3S3/c1-17-6-8-19(9-7-17)25(32)31(20-10-12-21(13-11-20)37-27-30-29-18(2)35-27)23-16-22(14-15-28(3,4)5)36-24(23)26(33)34/h16-17,19-21H,6-13H2,1-5H3,(H,33,34). The molecule has 6 nitrogen and oxygen atoms in total. The van der Waals surface area contributed by atoms with Crippen LogP contribution in [0.1, 0.15) is 98.6 Å². The number of carbonyl (C=O) groups is 2. The first-order valence-electron chi connectivity index (χ1n) is 13.2. The Morgan fingerprint density at radius 1 is 1.05 bits per heavy atom. The lowest BCUT2D eigenvalue weighted by Gasteiger charge is -2.39. The average molecular weight is 560 g/mol. The molecule has 2 aliphatic carbocycles. The number of anilines is 1. The van der Waals surface area contributed by atoms with Crippen LogP contribution in [0.5, 0.6) is 0 Å². The van der Waals surface area contributed by atoms with Crippen molar-refractivity contribution in [2.75, 3.05) is 4.90 Å². The number of nitrogens with zero attached hydrogens (tertiary/aromatic N) is 3. The molecule has 0 radical (unpaired) electrons. The number of aromatic carboxylic acids is 1. The summed E-state index contributed by atoms with van der Waals surface area (Å²) in [6.07, 6.45) is 7.47. The zero-order valence-corrected chi connectivity index (χ0v) is 24.8. The van der Waals surface area contributed by atoms with Crippen LogP contribution in [0.25, 0.3) is 0 Å². The van der Waals surface area contributed by atoms with Crippen LogP contribution in [0.15, 0.2) is 10.4 Å². The summed E-state index contributed by atoms with van der Waals surface area (Å²) in [6, 6.07) is 1.84. The number of aromatic nitrogens is 2. The number of hydrogen-bond donors (Lipinski definition) is 1. The Balaban J connectivity index is 1.61. The van der Waals surface area contributed by atoms with Crippen molar-refractivity contribution in [1.82, 2.24) is 10.2 Å². The predicted molar refractivity (Wildman–Crippen MR) is 153 cm³/mol. The van der Waals surface area contributed by atoms with Crippen LogP contribution in [0.4, 0.5) is 5.69 Å². The topological polar surface area (TPSA) is 83.4 Å². The molecule has 2 aromatic heterocycles. The van der Waals surface area contributed by atoms with Crippen LogP contribution >= 0.6 is 34.4 Å². The normalized spacial score (nSPS) is 24.2. The second-order valence-electron chi connectivity index (χ2n) is 11.4. The van der Waals surface area contributed by atoms with Crippen LogP contribution in [-0.2, 0) is 4.79 Å². The molecule has 0 unspecified atom stereocenters. The summed E-state index contributed by atoms with van der Waals surface area (Å²) in [4.78, 5) is 29.2. The van der Waals surface area contributed by atoms with Crippen molar-refractivity contribution in [3.8, 4) is 11.8 Å². The quantitative estimate of drug-likeness (QED) is 0.375. The van der Waals surface area contributed by atoms with Crippen LogP contribution in [0.3, 0.4) is 0 Å². The lowest BCUT2D eigenvalue weighted by Crippen LogP contribution is -2.46. The third kappa shape index (κ3) is 7.36. The van der Waals surface area contributed by atoms with E-state index in [0.717, 1.165) is 60.7 Å². The summed E-state index contributed by atoms with van der Waals surface area (Å²) in [5.41, 5.74) is 0.346. The van der Waals surface area contributed by atoms with Gasteiger partial charge in [-0.2, -0.15) is 0 Å². The molecule has 0 bridgehead atoms. The van der Waals surface area contributed by atoms with Crippen LogP contribution in [0, 0.1) is 36.0 Å². The van der Waals surface area contributed by atoms with Crippen molar-refractivity contribution in [1.29, 1.82) is 0 Å². The summed E-state index contributed by atoms with van der Waals surface area (Å²) in [6.45, 7) is 10.3. The molecular weight excluding hydrogens is 523 g/mol. The second-order valence-corrected chi connectivity index (χ2v) is 15.2. The van der Waals surface area contributed by atoms with Gasteiger partial charge in [-0.1, -0.05) is 41.9 Å². The number of carboxylic acid groups (broad SMARTS) is 1. The van der Waals surface area contributed by atoms with E-state index >= 15 is 0 Å². The number of thiophene rings is 1. The number of carboxylic acids is 1. The van der Waals surface area contributed by atoms with Gasteiger partial charge in [0.05, 0.1) is 10.6 Å². The molecule has 0 spiro atoms. The summed E-state index contributed by atoms with van der Waals surface area (Å²) in [5.74, 6) is 6.09. The lowest BCUT2D eigenvalue weighted by molar-refractivity contribution is -0.124. The van der Waals surface area contributed by atoms with Crippen LogP contribution in [-0.4, -0.2) is 38.5 Å². The van der Waals surface area contributed by atoms with E-state index < -0.39 is 5.97 Å². The average Bonchev–Trinajstić information content (AvgIpc) is 3.45. The summed E-state index contributed by atoms with van der Waals surface area (Å²) in [5, 5.41) is 19.9. The first-order valence-corrected chi connectivity index (χ1v) is 15.7. The van der Waals surface area contributed by atoms with Crippen molar-refractivity contribution in [2.45, 2.75) is 102 Å². The molecule has 4 rings (SSSR count). The molecule has 0 aliphatic heterocycles. The summed E-state index contributed by atoms with van der Waals surface area (Å²) < 4.78 is 0.998. The van der Waals surface area contributed by atoms with Gasteiger partial charge < -0.3 is 10.0 Å². The van der Waals surface area contributed by atoms with Gasteiger partial charge in [0.1, 0.15) is 9.88 Å².